The molecule has 0 unspecified atom stereocenters. The van der Waals surface area contributed by atoms with Crippen molar-refractivity contribution in [2.75, 3.05) is 52.5 Å². The molecule has 0 aliphatic carbocycles. The maximum absolute atomic E-state index is 14.2. The number of hydrogen-bond donors (Lipinski definition) is 3. The van der Waals surface area contributed by atoms with Crippen molar-refractivity contribution in [2.24, 2.45) is 0 Å². The van der Waals surface area contributed by atoms with E-state index in [1.807, 2.05) is 0 Å². The number of carbonyl (C=O) groups excluding carboxylic acids is 5. The molecule has 3 N–H and O–H groups in total. The van der Waals surface area contributed by atoms with Gasteiger partial charge in [-0.3, -0.25) is 24.0 Å². The number of rotatable bonds is 15. The number of carboxylic acid groups (broad SMARTS) is 1. The highest BCUT2D eigenvalue weighted by Gasteiger charge is 2.35. The average Bonchev–Trinajstić information content (AvgIpc) is 3.76. The monoisotopic (exact) mass is 725 g/mol. The van der Waals surface area contributed by atoms with Crippen molar-refractivity contribution in [1.82, 2.24) is 35.3 Å². The summed E-state index contributed by atoms with van der Waals surface area (Å²) in [6.07, 6.45) is -3.70. The fraction of sp³-hybridized carbons (Fsp3) is 0.516. The molecule has 2 saturated heterocycles. The van der Waals surface area contributed by atoms with Gasteiger partial charge in [-0.25, -0.2) is 22.6 Å². The van der Waals surface area contributed by atoms with Crippen LogP contribution in [-0.4, -0.2) is 136 Å². The van der Waals surface area contributed by atoms with Crippen molar-refractivity contribution < 1.29 is 61.4 Å². The number of halogens is 3. The highest BCUT2D eigenvalue weighted by molar-refractivity contribution is 5.96. The molecule has 51 heavy (non-hydrogen) atoms. The van der Waals surface area contributed by atoms with E-state index in [1.54, 1.807) is 6.92 Å². The van der Waals surface area contributed by atoms with Gasteiger partial charge in [0.2, 0.25) is 17.7 Å². The summed E-state index contributed by atoms with van der Waals surface area (Å²) in [7, 11) is 0. The van der Waals surface area contributed by atoms with E-state index in [4.69, 9.17) is 14.3 Å². The first kappa shape index (κ1) is 38.4. The largest absolute Gasteiger partial charge is 0.527 e. The van der Waals surface area contributed by atoms with Gasteiger partial charge < -0.3 is 39.9 Å². The zero-order valence-electron chi connectivity index (χ0n) is 27.6. The third kappa shape index (κ3) is 10.8. The van der Waals surface area contributed by atoms with Crippen molar-refractivity contribution >= 4 is 35.8 Å². The van der Waals surface area contributed by atoms with Gasteiger partial charge in [0.25, 0.3) is 18.2 Å². The Morgan fingerprint density at radius 1 is 1.06 bits per heavy atom. The van der Waals surface area contributed by atoms with E-state index in [2.05, 4.69) is 15.7 Å². The first-order chi connectivity index (χ1) is 24.4. The minimum Gasteiger partial charge on any atom is -0.481 e. The van der Waals surface area contributed by atoms with E-state index in [-0.39, 0.29) is 69.4 Å². The van der Waals surface area contributed by atoms with Gasteiger partial charge in [0.05, 0.1) is 31.9 Å². The zero-order valence-corrected chi connectivity index (χ0v) is 27.6. The lowest BCUT2D eigenvalue weighted by atomic mass is 10.1. The van der Waals surface area contributed by atoms with Crippen LogP contribution in [0.1, 0.15) is 43.1 Å². The van der Waals surface area contributed by atoms with E-state index < -0.39 is 79.7 Å². The van der Waals surface area contributed by atoms with Crippen LogP contribution in [0.4, 0.5) is 18.0 Å². The standard InChI is InChI=1S/C31H38F3N7O10/c1-2-49-31(48)51-39-13-11-38(12-14-39)30(47)21(8-9-27(43)44)36-28(45)22-16-26(41(37-22)20-6-3-5-19(32)15-20)50-18-25(42)40-10-4-7-23(40)29(46)35-17-24(33)34/h3,5-6,15-16,21,23-24H,2,4,7-14,17-18H2,1H3,(H,35,46)(H,36,45)(H,43,44)/t21-,23-/m0/s1. The first-order valence-electron chi connectivity index (χ1n) is 16.1. The third-order valence-electron chi connectivity index (χ3n) is 7.88. The zero-order chi connectivity index (χ0) is 37.1. The summed E-state index contributed by atoms with van der Waals surface area (Å²) >= 11 is 0. The Morgan fingerprint density at radius 3 is 2.47 bits per heavy atom. The molecule has 3 heterocycles. The minimum absolute atomic E-state index is 0.0870. The second-order valence-corrected chi connectivity index (χ2v) is 11.4. The number of nitrogens with one attached hydrogen (secondary N) is 2. The Kier molecular flexibility index (Phi) is 13.6. The predicted molar refractivity (Wildman–Crippen MR) is 167 cm³/mol. The first-order valence-corrected chi connectivity index (χ1v) is 16.1. The van der Waals surface area contributed by atoms with Gasteiger partial charge in [0, 0.05) is 32.1 Å². The molecular weight excluding hydrogens is 687 g/mol. The van der Waals surface area contributed by atoms with E-state index in [9.17, 15) is 47.0 Å². The number of benzene rings is 1. The number of ether oxygens (including phenoxy) is 2. The number of piperazine rings is 1. The topological polar surface area (TPSA) is 202 Å². The molecule has 1 aromatic carbocycles. The molecule has 2 aliphatic heterocycles. The lowest BCUT2D eigenvalue weighted by Gasteiger charge is -2.35. The Balaban J connectivity index is 1.48. The van der Waals surface area contributed by atoms with Gasteiger partial charge in [-0.15, -0.1) is 5.06 Å². The summed E-state index contributed by atoms with van der Waals surface area (Å²) in [5, 5.41) is 19.4. The second-order valence-electron chi connectivity index (χ2n) is 11.4. The number of hydroxylamine groups is 2. The molecule has 0 spiro atoms. The van der Waals surface area contributed by atoms with Crippen molar-refractivity contribution in [2.45, 2.75) is 51.1 Å². The van der Waals surface area contributed by atoms with Crippen LogP contribution < -0.4 is 15.4 Å². The molecule has 0 bridgehead atoms. The summed E-state index contributed by atoms with van der Waals surface area (Å²) in [5.41, 5.74) is -0.226. The Labute approximate surface area is 289 Å². The summed E-state index contributed by atoms with van der Waals surface area (Å²) in [6, 6.07) is 3.90. The molecule has 2 atom stereocenters. The second kappa shape index (κ2) is 18.0. The number of likely N-dealkylation sites (tertiary alicyclic amines) is 1. The number of amides is 4. The molecule has 2 aromatic rings. The van der Waals surface area contributed by atoms with Crippen LogP contribution in [-0.2, 0) is 28.8 Å². The van der Waals surface area contributed by atoms with E-state index >= 15 is 0 Å². The van der Waals surface area contributed by atoms with Crippen molar-refractivity contribution in [3.8, 4) is 11.6 Å². The maximum Gasteiger partial charge on any atom is 0.527 e. The smallest absolute Gasteiger partial charge is 0.481 e. The molecule has 2 aliphatic rings. The number of alkyl halides is 2. The fourth-order valence-electron chi connectivity index (χ4n) is 5.45. The molecular formula is C31H38F3N7O10. The van der Waals surface area contributed by atoms with Crippen molar-refractivity contribution in [3.63, 3.8) is 0 Å². The van der Waals surface area contributed by atoms with Crippen LogP contribution in [0.15, 0.2) is 30.3 Å². The van der Waals surface area contributed by atoms with Crippen LogP contribution in [0.25, 0.3) is 5.69 Å². The molecule has 278 valence electrons. The Morgan fingerprint density at radius 2 is 1.80 bits per heavy atom. The Bertz CT molecular complexity index is 1580. The number of nitrogens with zero attached hydrogens (tertiary/aromatic N) is 5. The third-order valence-corrected chi connectivity index (χ3v) is 7.88. The highest BCUT2D eigenvalue weighted by atomic mass is 19.3. The average molecular weight is 726 g/mol. The number of aromatic nitrogens is 2. The minimum atomic E-state index is -2.77. The fourth-order valence-corrected chi connectivity index (χ4v) is 5.45. The quantitative estimate of drug-likeness (QED) is 0.220. The van der Waals surface area contributed by atoms with Crippen molar-refractivity contribution in [1.29, 1.82) is 0 Å². The lowest BCUT2D eigenvalue weighted by Crippen LogP contribution is -2.55. The lowest BCUT2D eigenvalue weighted by molar-refractivity contribution is -0.157. The van der Waals surface area contributed by atoms with E-state index in [0.29, 0.717) is 6.42 Å². The van der Waals surface area contributed by atoms with Crippen LogP contribution in [0.3, 0.4) is 0 Å². The van der Waals surface area contributed by atoms with Crippen LogP contribution in [0.5, 0.6) is 5.88 Å². The molecule has 4 amide bonds. The van der Waals surface area contributed by atoms with Gasteiger partial charge in [0.15, 0.2) is 12.3 Å². The highest BCUT2D eigenvalue weighted by Crippen LogP contribution is 2.23. The van der Waals surface area contributed by atoms with E-state index in [1.165, 1.54) is 33.1 Å². The normalized spacial score (nSPS) is 16.8. The summed E-state index contributed by atoms with van der Waals surface area (Å²) < 4.78 is 50.9. The van der Waals surface area contributed by atoms with Crippen LogP contribution >= 0.6 is 0 Å². The molecule has 0 radical (unpaired) electrons. The molecule has 17 nitrogen and oxygen atoms in total. The molecule has 0 saturated carbocycles. The number of carboxylic acids is 1. The summed E-state index contributed by atoms with van der Waals surface area (Å²) in [5.74, 6) is -4.95. The SMILES string of the molecule is CCOC(=O)ON1CCN(C(=O)[C@H](CCC(=O)O)NC(=O)c2cc(OCC(=O)N3CCC[C@H]3C(=O)NCC(F)F)n(-c3cccc(F)c3)n2)CC1. The number of hydrogen-bond acceptors (Lipinski definition) is 11. The Hall–Kier alpha value is -5.40. The van der Waals surface area contributed by atoms with E-state index in [0.717, 1.165) is 16.8 Å². The van der Waals surface area contributed by atoms with Gasteiger partial charge in [-0.1, -0.05) is 6.07 Å². The molecule has 20 heteroatoms. The molecule has 4 rings (SSSR count). The van der Waals surface area contributed by atoms with Crippen LogP contribution in [0, 0.1) is 5.82 Å². The van der Waals surface area contributed by atoms with Crippen molar-refractivity contribution in [3.05, 3.63) is 41.8 Å². The van der Waals surface area contributed by atoms with Gasteiger partial charge in [-0.05, 0) is 44.4 Å². The number of carbonyl (C=O) groups is 6. The van der Waals surface area contributed by atoms with Crippen LogP contribution in [0.2, 0.25) is 0 Å². The van der Waals surface area contributed by atoms with Gasteiger partial charge in [0.1, 0.15) is 17.9 Å². The van der Waals surface area contributed by atoms with Gasteiger partial charge in [-0.2, -0.15) is 5.10 Å². The maximum atomic E-state index is 14.2. The summed E-state index contributed by atoms with van der Waals surface area (Å²) in [4.78, 5) is 83.1. The summed E-state index contributed by atoms with van der Waals surface area (Å²) in [6.45, 7) is 0.797. The molecule has 1 aromatic heterocycles. The molecule has 2 fully saturated rings. The van der Waals surface area contributed by atoms with Gasteiger partial charge >= 0.3 is 12.1 Å². The predicted octanol–water partition coefficient (Wildman–Crippen LogP) is 0.958. The number of aliphatic carboxylic acids is 1.